The summed E-state index contributed by atoms with van der Waals surface area (Å²) in [7, 11) is 0. The second-order valence-electron chi connectivity index (χ2n) is 5.82. The van der Waals surface area contributed by atoms with Gasteiger partial charge in [-0.2, -0.15) is 13.2 Å². The number of benzene rings is 1. The Morgan fingerprint density at radius 3 is 2.48 bits per heavy atom. The molecule has 0 atom stereocenters. The lowest BCUT2D eigenvalue weighted by atomic mass is 9.94. The minimum atomic E-state index is -4.53. The fraction of sp³-hybridized carbons (Fsp3) is 0.467. The number of rotatable bonds is 6. The van der Waals surface area contributed by atoms with Crippen LogP contribution in [0.1, 0.15) is 30.4 Å². The quantitative estimate of drug-likeness (QED) is 0.829. The maximum Gasteiger partial charge on any atom is 0.397 e. The van der Waals surface area contributed by atoms with Gasteiger partial charge in [0, 0.05) is 11.6 Å². The third kappa shape index (κ3) is 4.86. The van der Waals surface area contributed by atoms with Gasteiger partial charge in [0.2, 0.25) is 11.8 Å². The Kier molecular flexibility index (Phi) is 4.89. The topological polar surface area (TPSA) is 72.2 Å². The summed E-state index contributed by atoms with van der Waals surface area (Å²) in [6.07, 6.45) is -4.25. The highest BCUT2D eigenvalue weighted by atomic mass is 35.5. The standard InChI is InChI=1S/C15H16ClF3N2O2/c16-11-2-1-9(8-21-12(22)7-15(17,18)19)5-10(11)6-14(3-4-14)13(20)23/h1-2,5H,3-4,6-8H2,(H2,20,23)(H,21,22). The van der Waals surface area contributed by atoms with Crippen molar-refractivity contribution in [2.24, 2.45) is 11.1 Å². The number of hydrogen-bond donors (Lipinski definition) is 2. The van der Waals surface area contributed by atoms with E-state index < -0.39 is 23.9 Å². The molecule has 2 rings (SSSR count). The van der Waals surface area contributed by atoms with Crippen molar-refractivity contribution < 1.29 is 22.8 Å². The van der Waals surface area contributed by atoms with E-state index in [-0.39, 0.29) is 12.5 Å². The SMILES string of the molecule is NC(=O)C1(Cc2cc(CNC(=O)CC(F)(F)F)ccc2Cl)CC1. The first-order chi connectivity index (χ1) is 10.6. The maximum absolute atomic E-state index is 12.1. The first-order valence-corrected chi connectivity index (χ1v) is 7.40. The van der Waals surface area contributed by atoms with Gasteiger partial charge in [0.25, 0.3) is 0 Å². The van der Waals surface area contributed by atoms with E-state index in [1.54, 1.807) is 18.2 Å². The number of carbonyl (C=O) groups excluding carboxylic acids is 2. The van der Waals surface area contributed by atoms with Crippen LogP contribution in [0.5, 0.6) is 0 Å². The fourth-order valence-electron chi connectivity index (χ4n) is 2.34. The van der Waals surface area contributed by atoms with E-state index in [0.29, 0.717) is 35.4 Å². The normalized spacial score (nSPS) is 16.0. The molecule has 4 nitrogen and oxygen atoms in total. The first-order valence-electron chi connectivity index (χ1n) is 7.02. The number of primary amides is 1. The van der Waals surface area contributed by atoms with Crippen LogP contribution in [0.4, 0.5) is 13.2 Å². The molecule has 23 heavy (non-hydrogen) atoms. The summed E-state index contributed by atoms with van der Waals surface area (Å²) < 4.78 is 36.3. The zero-order chi connectivity index (χ0) is 17.3. The summed E-state index contributed by atoms with van der Waals surface area (Å²) >= 11 is 6.10. The van der Waals surface area contributed by atoms with Crippen LogP contribution >= 0.6 is 11.6 Å². The van der Waals surface area contributed by atoms with Crippen LogP contribution in [0.2, 0.25) is 5.02 Å². The van der Waals surface area contributed by atoms with Crippen molar-refractivity contribution in [2.75, 3.05) is 0 Å². The van der Waals surface area contributed by atoms with Gasteiger partial charge in [-0.05, 0) is 36.5 Å². The molecule has 3 N–H and O–H groups in total. The van der Waals surface area contributed by atoms with Crippen LogP contribution in [0.3, 0.4) is 0 Å². The molecule has 0 spiro atoms. The Balaban J connectivity index is 2.00. The van der Waals surface area contributed by atoms with Crippen LogP contribution in [-0.4, -0.2) is 18.0 Å². The molecule has 1 aliphatic rings. The predicted octanol–water partition coefficient (Wildman–Crippen LogP) is 2.72. The number of amides is 2. The Hall–Kier alpha value is -1.76. The largest absolute Gasteiger partial charge is 0.397 e. The van der Waals surface area contributed by atoms with Crippen LogP contribution < -0.4 is 11.1 Å². The molecular formula is C15H16ClF3N2O2. The molecule has 0 unspecified atom stereocenters. The molecule has 0 aromatic heterocycles. The minimum Gasteiger partial charge on any atom is -0.369 e. The number of hydrogen-bond acceptors (Lipinski definition) is 2. The van der Waals surface area contributed by atoms with Gasteiger partial charge >= 0.3 is 6.18 Å². The van der Waals surface area contributed by atoms with E-state index in [9.17, 15) is 22.8 Å². The van der Waals surface area contributed by atoms with Crippen molar-refractivity contribution in [3.05, 3.63) is 34.3 Å². The molecule has 0 heterocycles. The fourth-order valence-corrected chi connectivity index (χ4v) is 2.53. The minimum absolute atomic E-state index is 0.0390. The molecule has 0 saturated heterocycles. The van der Waals surface area contributed by atoms with Crippen molar-refractivity contribution in [1.82, 2.24) is 5.32 Å². The Bertz CT molecular complexity index is 628. The Morgan fingerprint density at radius 2 is 1.96 bits per heavy atom. The molecule has 1 saturated carbocycles. The molecule has 8 heteroatoms. The van der Waals surface area contributed by atoms with E-state index in [4.69, 9.17) is 17.3 Å². The Labute approximate surface area is 136 Å². The average molecular weight is 349 g/mol. The molecule has 1 fully saturated rings. The van der Waals surface area contributed by atoms with E-state index in [2.05, 4.69) is 5.32 Å². The molecule has 1 aliphatic carbocycles. The molecule has 1 aromatic carbocycles. The lowest BCUT2D eigenvalue weighted by Crippen LogP contribution is -2.28. The van der Waals surface area contributed by atoms with E-state index in [1.807, 2.05) is 0 Å². The molecule has 2 amide bonds. The lowest BCUT2D eigenvalue weighted by molar-refractivity contribution is -0.153. The molecular weight excluding hydrogens is 333 g/mol. The van der Waals surface area contributed by atoms with Crippen molar-refractivity contribution in [2.45, 2.75) is 38.4 Å². The van der Waals surface area contributed by atoms with Crippen molar-refractivity contribution >= 4 is 23.4 Å². The van der Waals surface area contributed by atoms with Gasteiger partial charge < -0.3 is 11.1 Å². The highest BCUT2D eigenvalue weighted by Crippen LogP contribution is 2.48. The highest BCUT2D eigenvalue weighted by molar-refractivity contribution is 6.31. The van der Waals surface area contributed by atoms with Gasteiger partial charge in [0.05, 0.1) is 5.41 Å². The molecule has 1 aromatic rings. The zero-order valence-corrected chi connectivity index (χ0v) is 12.9. The summed E-state index contributed by atoms with van der Waals surface area (Å²) in [6.45, 7) is -0.0390. The zero-order valence-electron chi connectivity index (χ0n) is 12.2. The monoisotopic (exact) mass is 348 g/mol. The van der Waals surface area contributed by atoms with Gasteiger partial charge in [-0.25, -0.2) is 0 Å². The lowest BCUT2D eigenvalue weighted by Gasteiger charge is -2.14. The van der Waals surface area contributed by atoms with E-state index in [1.165, 1.54) is 0 Å². The van der Waals surface area contributed by atoms with Gasteiger partial charge in [-0.1, -0.05) is 23.7 Å². The third-order valence-electron chi connectivity index (χ3n) is 3.87. The second kappa shape index (κ2) is 6.39. The average Bonchev–Trinajstić information content (AvgIpc) is 3.19. The summed E-state index contributed by atoms with van der Waals surface area (Å²) in [6, 6.07) is 4.89. The summed E-state index contributed by atoms with van der Waals surface area (Å²) in [4.78, 5) is 22.6. The van der Waals surface area contributed by atoms with Gasteiger partial charge in [0.15, 0.2) is 0 Å². The van der Waals surface area contributed by atoms with E-state index in [0.717, 1.165) is 0 Å². The van der Waals surface area contributed by atoms with Gasteiger partial charge in [-0.15, -0.1) is 0 Å². The van der Waals surface area contributed by atoms with Crippen LogP contribution in [0.15, 0.2) is 18.2 Å². The Morgan fingerprint density at radius 1 is 1.30 bits per heavy atom. The van der Waals surface area contributed by atoms with E-state index >= 15 is 0 Å². The van der Waals surface area contributed by atoms with Crippen LogP contribution in [0.25, 0.3) is 0 Å². The number of alkyl halides is 3. The number of nitrogens with two attached hydrogens (primary N) is 1. The van der Waals surface area contributed by atoms with Crippen molar-refractivity contribution in [1.29, 1.82) is 0 Å². The molecule has 126 valence electrons. The number of halogens is 4. The third-order valence-corrected chi connectivity index (χ3v) is 4.23. The van der Waals surface area contributed by atoms with Crippen molar-refractivity contribution in [3.63, 3.8) is 0 Å². The number of carbonyl (C=O) groups is 2. The smallest absolute Gasteiger partial charge is 0.369 e. The van der Waals surface area contributed by atoms with Crippen LogP contribution in [-0.2, 0) is 22.6 Å². The first kappa shape index (κ1) is 17.6. The molecule has 0 bridgehead atoms. The number of nitrogens with one attached hydrogen (secondary N) is 1. The van der Waals surface area contributed by atoms with Crippen LogP contribution in [0, 0.1) is 5.41 Å². The maximum atomic E-state index is 12.1. The predicted molar refractivity (Wildman–Crippen MR) is 78.5 cm³/mol. The van der Waals surface area contributed by atoms with Crippen molar-refractivity contribution in [3.8, 4) is 0 Å². The second-order valence-corrected chi connectivity index (χ2v) is 6.22. The molecule has 0 aliphatic heterocycles. The summed E-state index contributed by atoms with van der Waals surface area (Å²) in [5.41, 5.74) is 6.12. The van der Waals surface area contributed by atoms with Gasteiger partial charge in [-0.3, -0.25) is 9.59 Å². The summed E-state index contributed by atoms with van der Waals surface area (Å²) in [5, 5.41) is 2.67. The summed E-state index contributed by atoms with van der Waals surface area (Å²) in [5.74, 6) is -1.47. The van der Waals surface area contributed by atoms with Gasteiger partial charge in [0.1, 0.15) is 6.42 Å². The highest BCUT2D eigenvalue weighted by Gasteiger charge is 2.48. The molecule has 0 radical (unpaired) electrons.